The molecule has 4 atom stereocenters. The van der Waals surface area contributed by atoms with Crippen LogP contribution in [0.2, 0.25) is 0 Å². The molecule has 1 nitrogen and oxygen atoms in total. The van der Waals surface area contributed by atoms with Crippen LogP contribution in [0.3, 0.4) is 0 Å². The second kappa shape index (κ2) is 3.37. The summed E-state index contributed by atoms with van der Waals surface area (Å²) < 4.78 is 0. The zero-order chi connectivity index (χ0) is 8.55. The van der Waals surface area contributed by atoms with E-state index in [1.807, 2.05) is 0 Å². The molecule has 2 rings (SSSR count). The molecule has 1 N–H and O–H groups in total. The van der Waals surface area contributed by atoms with Crippen LogP contribution in [0.25, 0.3) is 0 Å². The molecule has 2 saturated carbocycles. The summed E-state index contributed by atoms with van der Waals surface area (Å²) in [5.41, 5.74) is 0. The SMILES string of the molecule is CNCC1CCC2C(C)CCC12. The first-order valence-corrected chi connectivity index (χ1v) is 5.47. The fourth-order valence-corrected chi connectivity index (χ4v) is 3.53. The third kappa shape index (κ3) is 1.28. The van der Waals surface area contributed by atoms with Crippen molar-refractivity contribution in [2.24, 2.45) is 23.7 Å². The first-order valence-electron chi connectivity index (χ1n) is 5.47. The van der Waals surface area contributed by atoms with E-state index < -0.39 is 0 Å². The van der Waals surface area contributed by atoms with Crippen LogP contribution in [-0.2, 0) is 0 Å². The van der Waals surface area contributed by atoms with E-state index in [0.717, 1.165) is 23.7 Å². The molecule has 0 aromatic carbocycles. The van der Waals surface area contributed by atoms with Crippen LogP contribution in [0.5, 0.6) is 0 Å². The molecule has 0 aromatic heterocycles. The van der Waals surface area contributed by atoms with Crippen molar-refractivity contribution in [3.8, 4) is 0 Å². The van der Waals surface area contributed by atoms with E-state index in [0.29, 0.717) is 0 Å². The summed E-state index contributed by atoms with van der Waals surface area (Å²) in [5.74, 6) is 4.19. The van der Waals surface area contributed by atoms with Crippen LogP contribution in [0.4, 0.5) is 0 Å². The van der Waals surface area contributed by atoms with E-state index in [1.54, 1.807) is 0 Å². The van der Waals surface area contributed by atoms with Crippen LogP contribution in [-0.4, -0.2) is 13.6 Å². The zero-order valence-corrected chi connectivity index (χ0v) is 8.34. The highest BCUT2D eigenvalue weighted by Gasteiger charge is 2.42. The van der Waals surface area contributed by atoms with Crippen LogP contribution in [0.15, 0.2) is 0 Å². The summed E-state index contributed by atoms with van der Waals surface area (Å²) in [6, 6.07) is 0. The van der Waals surface area contributed by atoms with Gasteiger partial charge in [-0.3, -0.25) is 0 Å². The highest BCUT2D eigenvalue weighted by Crippen LogP contribution is 2.50. The maximum atomic E-state index is 3.34. The maximum Gasteiger partial charge on any atom is -0.00208 e. The fourth-order valence-electron chi connectivity index (χ4n) is 3.53. The summed E-state index contributed by atoms with van der Waals surface area (Å²) in [6.45, 7) is 3.71. The Bertz CT molecular complexity index is 155. The van der Waals surface area contributed by atoms with Crippen LogP contribution in [0, 0.1) is 23.7 Å². The second-order valence-electron chi connectivity index (χ2n) is 4.78. The molecule has 1 heteroatoms. The van der Waals surface area contributed by atoms with Crippen molar-refractivity contribution in [3.63, 3.8) is 0 Å². The molecule has 0 radical (unpaired) electrons. The lowest BCUT2D eigenvalue weighted by molar-refractivity contribution is 0.320. The minimum atomic E-state index is 1.00. The van der Waals surface area contributed by atoms with Crippen molar-refractivity contribution >= 4 is 0 Å². The monoisotopic (exact) mass is 167 g/mol. The molecule has 0 spiro atoms. The van der Waals surface area contributed by atoms with Gasteiger partial charge in [-0.25, -0.2) is 0 Å². The quantitative estimate of drug-likeness (QED) is 0.665. The van der Waals surface area contributed by atoms with Crippen molar-refractivity contribution in [1.29, 1.82) is 0 Å². The molecule has 0 amide bonds. The normalized spacial score (nSPS) is 46.5. The van der Waals surface area contributed by atoms with E-state index in [1.165, 1.54) is 32.2 Å². The summed E-state index contributed by atoms with van der Waals surface area (Å²) in [5, 5.41) is 3.34. The predicted octanol–water partition coefficient (Wildman–Crippen LogP) is 2.28. The van der Waals surface area contributed by atoms with Gasteiger partial charge in [0.05, 0.1) is 0 Å². The molecule has 70 valence electrons. The molecule has 2 fully saturated rings. The van der Waals surface area contributed by atoms with Gasteiger partial charge in [0.15, 0.2) is 0 Å². The number of hydrogen-bond donors (Lipinski definition) is 1. The summed E-state index contributed by atoms with van der Waals surface area (Å²) in [4.78, 5) is 0. The van der Waals surface area contributed by atoms with Crippen LogP contribution < -0.4 is 5.32 Å². The van der Waals surface area contributed by atoms with E-state index >= 15 is 0 Å². The first kappa shape index (κ1) is 8.55. The molecule has 0 aliphatic heterocycles. The maximum absolute atomic E-state index is 3.34. The number of rotatable bonds is 2. The van der Waals surface area contributed by atoms with Crippen molar-refractivity contribution < 1.29 is 0 Å². The Morgan fingerprint density at radius 1 is 1.08 bits per heavy atom. The molecule has 12 heavy (non-hydrogen) atoms. The topological polar surface area (TPSA) is 12.0 Å². The Labute approximate surface area is 75.9 Å². The first-order chi connectivity index (χ1) is 5.83. The van der Waals surface area contributed by atoms with Gasteiger partial charge in [0, 0.05) is 0 Å². The Morgan fingerprint density at radius 2 is 1.83 bits per heavy atom. The van der Waals surface area contributed by atoms with E-state index in [2.05, 4.69) is 19.3 Å². The van der Waals surface area contributed by atoms with Gasteiger partial charge in [-0.2, -0.15) is 0 Å². The number of fused-ring (bicyclic) bond motifs is 1. The van der Waals surface area contributed by atoms with Gasteiger partial charge < -0.3 is 5.32 Å². The molecule has 0 aromatic rings. The minimum absolute atomic E-state index is 1.00. The Kier molecular flexibility index (Phi) is 2.40. The molecule has 0 bridgehead atoms. The molecule has 4 unspecified atom stereocenters. The number of nitrogens with one attached hydrogen (secondary N) is 1. The largest absolute Gasteiger partial charge is 0.319 e. The van der Waals surface area contributed by atoms with E-state index in [4.69, 9.17) is 0 Å². The minimum Gasteiger partial charge on any atom is -0.319 e. The molecule has 0 saturated heterocycles. The molecule has 0 heterocycles. The lowest BCUT2D eigenvalue weighted by atomic mass is 9.89. The third-order valence-electron chi connectivity index (χ3n) is 4.18. The molecular formula is C11H21N. The van der Waals surface area contributed by atoms with Gasteiger partial charge in [-0.15, -0.1) is 0 Å². The summed E-state index contributed by atoms with van der Waals surface area (Å²) in [6.07, 6.45) is 6.01. The van der Waals surface area contributed by atoms with Crippen molar-refractivity contribution in [1.82, 2.24) is 5.32 Å². The summed E-state index contributed by atoms with van der Waals surface area (Å²) in [7, 11) is 2.09. The van der Waals surface area contributed by atoms with Gasteiger partial charge in [0.2, 0.25) is 0 Å². The number of hydrogen-bond acceptors (Lipinski definition) is 1. The Morgan fingerprint density at radius 3 is 2.58 bits per heavy atom. The smallest absolute Gasteiger partial charge is 0.00208 e. The fraction of sp³-hybridized carbons (Fsp3) is 1.00. The molecule has 2 aliphatic carbocycles. The highest BCUT2D eigenvalue weighted by molar-refractivity contribution is 4.92. The van der Waals surface area contributed by atoms with Crippen molar-refractivity contribution in [3.05, 3.63) is 0 Å². The van der Waals surface area contributed by atoms with Crippen molar-refractivity contribution in [2.45, 2.75) is 32.6 Å². The average Bonchev–Trinajstić information content (AvgIpc) is 2.58. The van der Waals surface area contributed by atoms with Crippen LogP contribution >= 0.6 is 0 Å². The average molecular weight is 167 g/mol. The van der Waals surface area contributed by atoms with Crippen LogP contribution in [0.1, 0.15) is 32.6 Å². The second-order valence-corrected chi connectivity index (χ2v) is 4.78. The summed E-state index contributed by atoms with van der Waals surface area (Å²) >= 11 is 0. The standard InChI is InChI=1S/C11H21N/c1-8-3-5-11-9(7-12-2)4-6-10(8)11/h8-12H,3-7H2,1-2H3. The molecule has 2 aliphatic rings. The Balaban J connectivity index is 1.96. The molecular weight excluding hydrogens is 146 g/mol. The van der Waals surface area contributed by atoms with E-state index in [9.17, 15) is 0 Å². The van der Waals surface area contributed by atoms with Gasteiger partial charge in [0.1, 0.15) is 0 Å². The third-order valence-corrected chi connectivity index (χ3v) is 4.18. The Hall–Kier alpha value is -0.0400. The lowest BCUT2D eigenvalue weighted by Gasteiger charge is -2.18. The lowest BCUT2D eigenvalue weighted by Crippen LogP contribution is -2.22. The van der Waals surface area contributed by atoms with Gasteiger partial charge in [-0.05, 0) is 56.5 Å². The van der Waals surface area contributed by atoms with Crippen molar-refractivity contribution in [2.75, 3.05) is 13.6 Å². The van der Waals surface area contributed by atoms with Gasteiger partial charge in [-0.1, -0.05) is 13.3 Å². The highest BCUT2D eigenvalue weighted by atomic mass is 14.8. The predicted molar refractivity (Wildman–Crippen MR) is 52.0 cm³/mol. The zero-order valence-electron chi connectivity index (χ0n) is 8.34. The van der Waals surface area contributed by atoms with E-state index in [-0.39, 0.29) is 0 Å². The van der Waals surface area contributed by atoms with Gasteiger partial charge >= 0.3 is 0 Å². The van der Waals surface area contributed by atoms with Gasteiger partial charge in [0.25, 0.3) is 0 Å².